The largest absolute Gasteiger partial charge is 0.480 e. The van der Waals surface area contributed by atoms with Gasteiger partial charge in [-0.3, -0.25) is 14.4 Å². The quantitative estimate of drug-likeness (QED) is 0.243. The van der Waals surface area contributed by atoms with Crippen molar-refractivity contribution < 1.29 is 29.4 Å². The van der Waals surface area contributed by atoms with Crippen LogP contribution in [-0.2, 0) is 25.6 Å². The van der Waals surface area contributed by atoms with Gasteiger partial charge in [-0.15, -0.1) is 0 Å². The molecular formula is C21H29N5O6. The fourth-order valence-corrected chi connectivity index (χ4v) is 3.09. The Morgan fingerprint density at radius 1 is 0.969 bits per heavy atom. The standard InChI is InChI=1S/C21H29N5O6/c1-10(18(28)24-11(2)19(29)26-17(12(3)27)21(31)32)25-20(30)15(22)8-13-9-23-16-7-5-4-6-14(13)16/h4-7,9-12,15,17,23,27H,8,22H2,1-3H3,(H,24,28)(H,25,30)(H,26,29)(H,31,32). The molecule has 0 saturated heterocycles. The molecule has 11 heteroatoms. The van der Waals surface area contributed by atoms with E-state index in [1.165, 1.54) is 20.8 Å². The first-order valence-electron chi connectivity index (χ1n) is 10.1. The molecule has 0 bridgehead atoms. The Labute approximate surface area is 184 Å². The van der Waals surface area contributed by atoms with Gasteiger partial charge in [-0.2, -0.15) is 0 Å². The number of aromatic amines is 1. The van der Waals surface area contributed by atoms with E-state index in [0.717, 1.165) is 16.5 Å². The van der Waals surface area contributed by atoms with Gasteiger partial charge in [0.25, 0.3) is 0 Å². The molecule has 0 radical (unpaired) electrons. The average Bonchev–Trinajstić information content (AvgIpc) is 3.13. The zero-order valence-corrected chi connectivity index (χ0v) is 18.1. The number of nitrogens with one attached hydrogen (secondary N) is 4. The van der Waals surface area contributed by atoms with Gasteiger partial charge in [-0.05, 0) is 38.8 Å². The van der Waals surface area contributed by atoms with Gasteiger partial charge < -0.3 is 36.9 Å². The Morgan fingerprint density at radius 2 is 1.53 bits per heavy atom. The van der Waals surface area contributed by atoms with E-state index < -0.39 is 54.0 Å². The molecule has 3 amide bonds. The molecule has 0 fully saturated rings. The van der Waals surface area contributed by atoms with Crippen LogP contribution in [0.4, 0.5) is 0 Å². The number of carboxylic acids is 1. The van der Waals surface area contributed by atoms with Crippen molar-refractivity contribution >= 4 is 34.6 Å². The van der Waals surface area contributed by atoms with E-state index in [-0.39, 0.29) is 6.42 Å². The second-order valence-corrected chi connectivity index (χ2v) is 7.70. The summed E-state index contributed by atoms with van der Waals surface area (Å²) in [6, 6.07) is 3.11. The number of nitrogens with two attached hydrogens (primary N) is 1. The number of aliphatic carboxylic acids is 1. The molecule has 32 heavy (non-hydrogen) atoms. The molecular weight excluding hydrogens is 418 g/mol. The fourth-order valence-electron chi connectivity index (χ4n) is 3.09. The van der Waals surface area contributed by atoms with Crippen LogP contribution in [0, 0.1) is 0 Å². The summed E-state index contributed by atoms with van der Waals surface area (Å²) in [5.41, 5.74) is 7.81. The summed E-state index contributed by atoms with van der Waals surface area (Å²) in [5.74, 6) is -3.38. The number of hydrogen-bond acceptors (Lipinski definition) is 6. The predicted octanol–water partition coefficient (Wildman–Crippen LogP) is -1.00. The maximum atomic E-state index is 12.4. The summed E-state index contributed by atoms with van der Waals surface area (Å²) in [6.07, 6.45) is 0.723. The second kappa shape index (κ2) is 10.7. The van der Waals surface area contributed by atoms with E-state index >= 15 is 0 Å². The fraction of sp³-hybridized carbons (Fsp3) is 0.429. The highest BCUT2D eigenvalue weighted by atomic mass is 16.4. The Kier molecular flexibility index (Phi) is 8.33. The molecule has 1 aromatic heterocycles. The maximum absolute atomic E-state index is 12.4. The zero-order valence-electron chi connectivity index (χ0n) is 18.1. The van der Waals surface area contributed by atoms with Gasteiger partial charge in [-0.1, -0.05) is 18.2 Å². The van der Waals surface area contributed by atoms with Gasteiger partial charge in [0.2, 0.25) is 17.7 Å². The van der Waals surface area contributed by atoms with Gasteiger partial charge in [-0.25, -0.2) is 4.79 Å². The van der Waals surface area contributed by atoms with Gasteiger partial charge in [0.15, 0.2) is 6.04 Å². The van der Waals surface area contributed by atoms with Crippen molar-refractivity contribution in [3.8, 4) is 0 Å². The first kappa shape index (κ1) is 24.8. The van der Waals surface area contributed by atoms with E-state index in [9.17, 15) is 24.3 Å². The van der Waals surface area contributed by atoms with Crippen molar-refractivity contribution in [2.45, 2.75) is 57.5 Å². The molecule has 0 saturated carbocycles. The van der Waals surface area contributed by atoms with Crippen LogP contribution < -0.4 is 21.7 Å². The molecule has 5 unspecified atom stereocenters. The molecule has 2 aromatic rings. The zero-order chi connectivity index (χ0) is 24.0. The van der Waals surface area contributed by atoms with Crippen LogP contribution in [0.15, 0.2) is 30.5 Å². The maximum Gasteiger partial charge on any atom is 0.328 e. The van der Waals surface area contributed by atoms with Crippen LogP contribution in [0.2, 0.25) is 0 Å². The van der Waals surface area contributed by atoms with Crippen LogP contribution >= 0.6 is 0 Å². The highest BCUT2D eigenvalue weighted by Gasteiger charge is 2.29. The van der Waals surface area contributed by atoms with Crippen LogP contribution in [-0.4, -0.2) is 69.2 Å². The van der Waals surface area contributed by atoms with Gasteiger partial charge in [0.1, 0.15) is 12.1 Å². The summed E-state index contributed by atoms with van der Waals surface area (Å²) in [5, 5.41) is 26.5. The molecule has 174 valence electrons. The smallest absolute Gasteiger partial charge is 0.328 e. The Balaban J connectivity index is 1.88. The SMILES string of the molecule is CC(NC(=O)C(N)Cc1c[nH]c2ccccc12)C(=O)NC(C)C(=O)NC(C(=O)O)C(C)O. The van der Waals surface area contributed by atoms with Gasteiger partial charge in [0.05, 0.1) is 12.1 Å². The number of H-pyrrole nitrogens is 1. The Bertz CT molecular complexity index is 988. The molecule has 2 rings (SSSR count). The summed E-state index contributed by atoms with van der Waals surface area (Å²) in [7, 11) is 0. The first-order chi connectivity index (χ1) is 15.0. The lowest BCUT2D eigenvalue weighted by Crippen LogP contribution is -2.57. The number of para-hydroxylation sites is 1. The van der Waals surface area contributed by atoms with Crippen molar-refractivity contribution in [3.05, 3.63) is 36.0 Å². The lowest BCUT2D eigenvalue weighted by atomic mass is 10.0. The van der Waals surface area contributed by atoms with E-state index in [4.69, 9.17) is 10.8 Å². The minimum absolute atomic E-state index is 0.263. The van der Waals surface area contributed by atoms with Crippen molar-refractivity contribution in [1.29, 1.82) is 0 Å². The minimum atomic E-state index is -1.51. The van der Waals surface area contributed by atoms with Crippen molar-refractivity contribution in [3.63, 3.8) is 0 Å². The highest BCUT2D eigenvalue weighted by Crippen LogP contribution is 2.18. The first-order valence-corrected chi connectivity index (χ1v) is 10.1. The second-order valence-electron chi connectivity index (χ2n) is 7.70. The number of amides is 3. The predicted molar refractivity (Wildman–Crippen MR) is 116 cm³/mol. The highest BCUT2D eigenvalue weighted by molar-refractivity contribution is 5.94. The lowest BCUT2D eigenvalue weighted by molar-refractivity contribution is -0.145. The number of fused-ring (bicyclic) bond motifs is 1. The lowest BCUT2D eigenvalue weighted by Gasteiger charge is -2.22. The molecule has 1 heterocycles. The number of aliphatic hydroxyl groups excluding tert-OH is 1. The van der Waals surface area contributed by atoms with Crippen LogP contribution in [0.3, 0.4) is 0 Å². The minimum Gasteiger partial charge on any atom is -0.480 e. The average molecular weight is 447 g/mol. The normalized spacial score (nSPS) is 15.8. The van der Waals surface area contributed by atoms with Crippen molar-refractivity contribution in [2.24, 2.45) is 5.73 Å². The number of carbonyl (C=O) groups is 4. The topological polar surface area (TPSA) is 187 Å². The van der Waals surface area contributed by atoms with Crippen LogP contribution in [0.5, 0.6) is 0 Å². The van der Waals surface area contributed by atoms with E-state index in [2.05, 4.69) is 20.9 Å². The van der Waals surface area contributed by atoms with E-state index in [1.807, 2.05) is 24.3 Å². The Morgan fingerprint density at radius 3 is 2.12 bits per heavy atom. The van der Waals surface area contributed by atoms with Crippen molar-refractivity contribution in [2.75, 3.05) is 0 Å². The van der Waals surface area contributed by atoms with E-state index in [1.54, 1.807) is 6.20 Å². The monoisotopic (exact) mass is 447 g/mol. The molecule has 5 atom stereocenters. The number of benzene rings is 1. The summed E-state index contributed by atoms with van der Waals surface area (Å²) in [4.78, 5) is 51.1. The molecule has 11 nitrogen and oxygen atoms in total. The molecule has 8 N–H and O–H groups in total. The molecule has 1 aromatic carbocycles. The molecule has 0 spiro atoms. The van der Waals surface area contributed by atoms with E-state index in [0.29, 0.717) is 0 Å². The third kappa shape index (κ3) is 6.28. The number of carbonyl (C=O) groups excluding carboxylic acids is 3. The number of hydrogen-bond donors (Lipinski definition) is 7. The van der Waals surface area contributed by atoms with Crippen LogP contribution in [0.1, 0.15) is 26.3 Å². The molecule has 0 aliphatic heterocycles. The van der Waals surface area contributed by atoms with Crippen molar-refractivity contribution in [1.82, 2.24) is 20.9 Å². The third-order valence-electron chi connectivity index (χ3n) is 5.00. The summed E-state index contributed by atoms with van der Waals surface area (Å²) >= 11 is 0. The van der Waals surface area contributed by atoms with Gasteiger partial charge >= 0.3 is 5.97 Å². The number of carboxylic acid groups (broad SMARTS) is 1. The summed E-state index contributed by atoms with van der Waals surface area (Å²) in [6.45, 7) is 4.01. The third-order valence-corrected chi connectivity index (χ3v) is 5.00. The number of rotatable bonds is 10. The Hall–Kier alpha value is -3.44. The number of aliphatic hydroxyl groups is 1. The molecule has 0 aliphatic carbocycles. The number of aromatic nitrogens is 1. The van der Waals surface area contributed by atoms with Gasteiger partial charge in [0, 0.05) is 17.1 Å². The summed E-state index contributed by atoms with van der Waals surface area (Å²) < 4.78 is 0. The van der Waals surface area contributed by atoms with Crippen LogP contribution in [0.25, 0.3) is 10.9 Å². The molecule has 0 aliphatic rings.